The Balaban J connectivity index is 1.61. The third-order valence-corrected chi connectivity index (χ3v) is 6.33. The second kappa shape index (κ2) is 4.19. The van der Waals surface area contributed by atoms with Gasteiger partial charge in [0.1, 0.15) is 6.10 Å². The van der Waals surface area contributed by atoms with Crippen LogP contribution in [-0.4, -0.2) is 54.0 Å². The molecule has 6 heteroatoms. The van der Waals surface area contributed by atoms with Crippen LogP contribution in [0, 0.1) is 23.7 Å². The number of fused-ring (bicyclic) bond motifs is 1. The molecule has 2 saturated carbocycles. The van der Waals surface area contributed by atoms with Gasteiger partial charge in [-0.15, -0.1) is 0 Å². The highest BCUT2D eigenvalue weighted by Crippen LogP contribution is 2.60. The van der Waals surface area contributed by atoms with Gasteiger partial charge >= 0.3 is 5.97 Å². The van der Waals surface area contributed by atoms with E-state index in [2.05, 4.69) is 15.9 Å². The molecule has 0 aromatic heterocycles. The largest absolute Gasteiger partial charge is 0.461 e. The summed E-state index contributed by atoms with van der Waals surface area (Å²) in [6.07, 6.45) is 0.939. The molecule has 0 spiro atoms. The maximum Gasteiger partial charge on any atom is 0.310 e. The molecule has 5 nitrogen and oxygen atoms in total. The van der Waals surface area contributed by atoms with E-state index in [1.54, 1.807) is 0 Å². The van der Waals surface area contributed by atoms with Gasteiger partial charge in [0.05, 0.1) is 29.9 Å². The van der Waals surface area contributed by atoms with Crippen molar-refractivity contribution < 1.29 is 19.1 Å². The lowest BCUT2D eigenvalue weighted by atomic mass is 9.79. The van der Waals surface area contributed by atoms with E-state index in [1.165, 1.54) is 0 Å². The second-order valence-corrected chi connectivity index (χ2v) is 6.96. The summed E-state index contributed by atoms with van der Waals surface area (Å²) in [7, 11) is 0. The number of rotatable bonds is 1. The van der Waals surface area contributed by atoms with Crippen LogP contribution < -0.4 is 0 Å². The van der Waals surface area contributed by atoms with Crippen molar-refractivity contribution in [3.05, 3.63) is 0 Å². The fourth-order valence-electron chi connectivity index (χ4n) is 4.30. The summed E-state index contributed by atoms with van der Waals surface area (Å²) in [5.74, 6) is 0.0881. The number of amides is 1. The lowest BCUT2D eigenvalue weighted by molar-refractivity contribution is -0.149. The first-order valence-electron chi connectivity index (χ1n) is 6.89. The Morgan fingerprint density at radius 2 is 2.00 bits per heavy atom. The summed E-state index contributed by atoms with van der Waals surface area (Å²) < 4.78 is 10.7. The highest BCUT2D eigenvalue weighted by atomic mass is 79.9. The zero-order valence-corrected chi connectivity index (χ0v) is 12.0. The molecule has 6 atom stereocenters. The van der Waals surface area contributed by atoms with Crippen LogP contribution in [-0.2, 0) is 19.1 Å². The van der Waals surface area contributed by atoms with Gasteiger partial charge in [-0.25, -0.2) is 0 Å². The van der Waals surface area contributed by atoms with Crippen LogP contribution in [0.2, 0.25) is 0 Å². The van der Waals surface area contributed by atoms with Gasteiger partial charge < -0.3 is 14.4 Å². The first-order valence-corrected chi connectivity index (χ1v) is 7.81. The van der Waals surface area contributed by atoms with Crippen LogP contribution in [0.15, 0.2) is 0 Å². The standard InChI is InChI=1S/C13H16BrNO4/c14-10-6-5-7-9(13(17)19-11(7)10)8(6)12(16)15-1-3-18-4-2-15/h6-11H,1-5H2/t6-,7-,8+,9+,10-,11-/m0/s1. The predicted molar refractivity (Wildman–Crippen MR) is 68.6 cm³/mol. The summed E-state index contributed by atoms with van der Waals surface area (Å²) in [6, 6.07) is 0. The number of hydrogen-bond acceptors (Lipinski definition) is 4. The first-order chi connectivity index (χ1) is 9.18. The number of halogens is 1. The van der Waals surface area contributed by atoms with E-state index in [-0.39, 0.29) is 46.5 Å². The average Bonchev–Trinajstić information content (AvgIpc) is 3.03. The SMILES string of the molecule is O=C1O[C@@H]2[C@@H](Br)[C@H]3C[C@H]2[C@@H]1[C@@H]3C(=O)N1CCOCC1. The van der Waals surface area contributed by atoms with E-state index < -0.39 is 0 Å². The van der Waals surface area contributed by atoms with E-state index in [0.29, 0.717) is 26.3 Å². The molecule has 0 aromatic carbocycles. The third kappa shape index (κ3) is 1.56. The molecule has 0 unspecified atom stereocenters. The van der Waals surface area contributed by atoms with Crippen molar-refractivity contribution in [2.75, 3.05) is 26.3 Å². The minimum atomic E-state index is -0.195. The lowest BCUT2D eigenvalue weighted by Gasteiger charge is -2.34. The molecule has 19 heavy (non-hydrogen) atoms. The smallest absolute Gasteiger partial charge is 0.310 e. The Morgan fingerprint density at radius 1 is 1.26 bits per heavy atom. The van der Waals surface area contributed by atoms with Gasteiger partial charge in [0, 0.05) is 19.0 Å². The van der Waals surface area contributed by atoms with E-state index in [1.807, 2.05) is 4.90 Å². The quantitative estimate of drug-likeness (QED) is 0.516. The molecule has 0 N–H and O–H groups in total. The number of nitrogens with zero attached hydrogens (tertiary/aromatic N) is 1. The van der Waals surface area contributed by atoms with E-state index in [4.69, 9.17) is 9.47 Å². The first kappa shape index (κ1) is 12.1. The van der Waals surface area contributed by atoms with Crippen LogP contribution in [0.25, 0.3) is 0 Å². The molecule has 2 bridgehead atoms. The van der Waals surface area contributed by atoms with Crippen LogP contribution >= 0.6 is 15.9 Å². The Kier molecular flexibility index (Phi) is 2.68. The molecule has 4 fully saturated rings. The number of esters is 1. The van der Waals surface area contributed by atoms with Crippen molar-refractivity contribution in [2.45, 2.75) is 17.4 Å². The van der Waals surface area contributed by atoms with E-state index >= 15 is 0 Å². The van der Waals surface area contributed by atoms with Crippen LogP contribution in [0.4, 0.5) is 0 Å². The molecule has 1 amide bonds. The summed E-state index contributed by atoms with van der Waals surface area (Å²) in [6.45, 7) is 2.49. The van der Waals surface area contributed by atoms with E-state index in [9.17, 15) is 9.59 Å². The minimum Gasteiger partial charge on any atom is -0.461 e. The number of alkyl halides is 1. The maximum absolute atomic E-state index is 12.7. The Labute approximate surface area is 119 Å². The molecule has 2 aliphatic heterocycles. The van der Waals surface area contributed by atoms with Gasteiger partial charge in [0.15, 0.2) is 0 Å². The van der Waals surface area contributed by atoms with Gasteiger partial charge in [-0.2, -0.15) is 0 Å². The molecular formula is C13H16BrNO4. The number of carbonyl (C=O) groups excluding carboxylic acids is 2. The molecular weight excluding hydrogens is 314 g/mol. The zero-order valence-electron chi connectivity index (χ0n) is 10.5. The van der Waals surface area contributed by atoms with Crippen molar-refractivity contribution in [3.63, 3.8) is 0 Å². The van der Waals surface area contributed by atoms with Crippen LogP contribution in [0.3, 0.4) is 0 Å². The van der Waals surface area contributed by atoms with Crippen LogP contribution in [0.1, 0.15) is 6.42 Å². The zero-order chi connectivity index (χ0) is 13.1. The molecule has 4 rings (SSSR count). The predicted octanol–water partition coefficient (Wildman–Crippen LogP) is 0.416. The Hall–Kier alpha value is -0.620. The lowest BCUT2D eigenvalue weighted by Crippen LogP contribution is -2.49. The number of carbonyl (C=O) groups is 2. The molecule has 104 valence electrons. The molecule has 0 aromatic rings. The van der Waals surface area contributed by atoms with E-state index in [0.717, 1.165) is 6.42 Å². The van der Waals surface area contributed by atoms with Crippen molar-refractivity contribution in [1.82, 2.24) is 4.90 Å². The van der Waals surface area contributed by atoms with Gasteiger partial charge in [0.2, 0.25) is 5.91 Å². The second-order valence-electron chi connectivity index (χ2n) is 5.90. The fourth-order valence-corrected chi connectivity index (χ4v) is 5.35. The maximum atomic E-state index is 12.7. The highest BCUT2D eigenvalue weighted by Gasteiger charge is 2.68. The highest BCUT2D eigenvalue weighted by molar-refractivity contribution is 9.09. The minimum absolute atomic E-state index is 0.00348. The van der Waals surface area contributed by atoms with Crippen molar-refractivity contribution in [3.8, 4) is 0 Å². The van der Waals surface area contributed by atoms with Crippen molar-refractivity contribution >= 4 is 27.8 Å². The number of morpholine rings is 1. The Bertz CT molecular complexity index is 436. The topological polar surface area (TPSA) is 55.8 Å². The number of hydrogen-bond donors (Lipinski definition) is 0. The number of ether oxygens (including phenoxy) is 2. The molecule has 2 aliphatic carbocycles. The van der Waals surface area contributed by atoms with Gasteiger partial charge in [-0.05, 0) is 12.3 Å². The average molecular weight is 330 g/mol. The Morgan fingerprint density at radius 3 is 2.74 bits per heavy atom. The molecule has 2 heterocycles. The summed E-state index contributed by atoms with van der Waals surface area (Å²) >= 11 is 3.64. The fraction of sp³-hybridized carbons (Fsp3) is 0.846. The summed E-state index contributed by atoms with van der Waals surface area (Å²) in [5, 5.41) is 0. The van der Waals surface area contributed by atoms with Crippen molar-refractivity contribution in [1.29, 1.82) is 0 Å². The summed E-state index contributed by atoms with van der Waals surface area (Å²) in [4.78, 5) is 26.7. The normalized spacial score (nSPS) is 47.6. The monoisotopic (exact) mass is 329 g/mol. The molecule has 2 saturated heterocycles. The molecule has 4 aliphatic rings. The summed E-state index contributed by atoms with van der Waals surface area (Å²) in [5.41, 5.74) is 0. The molecule has 0 radical (unpaired) electrons. The van der Waals surface area contributed by atoms with Gasteiger partial charge in [-0.3, -0.25) is 9.59 Å². The third-order valence-electron chi connectivity index (χ3n) is 5.13. The van der Waals surface area contributed by atoms with Crippen molar-refractivity contribution in [2.24, 2.45) is 23.7 Å². The van der Waals surface area contributed by atoms with Crippen LogP contribution in [0.5, 0.6) is 0 Å². The van der Waals surface area contributed by atoms with Gasteiger partial charge in [-0.1, -0.05) is 15.9 Å². The van der Waals surface area contributed by atoms with Gasteiger partial charge in [0.25, 0.3) is 0 Å².